The number of aromatic hydroxyl groups is 1. The maximum Gasteiger partial charge on any atom is 0.251 e. The summed E-state index contributed by atoms with van der Waals surface area (Å²) in [4.78, 5) is 168. The molecule has 8 atom stereocenters. The van der Waals surface area contributed by atoms with Crippen LogP contribution in [0.15, 0.2) is 127 Å². The predicted molar refractivity (Wildman–Crippen MR) is 375 cm³/mol. The summed E-state index contributed by atoms with van der Waals surface area (Å²) in [5.74, 6) is -10.8. The van der Waals surface area contributed by atoms with Gasteiger partial charge in [0.15, 0.2) is 17.7 Å². The molecule has 5 aromatic carbocycles. The van der Waals surface area contributed by atoms with E-state index in [-0.39, 0.29) is 100 Å². The molecule has 5 aromatic rings. The summed E-state index contributed by atoms with van der Waals surface area (Å²) in [6.07, 6.45) is -2.05. The lowest BCUT2D eigenvalue weighted by Gasteiger charge is -2.31. The molecule has 0 aromatic heterocycles. The first-order valence-electron chi connectivity index (χ1n) is 32.0. The second kappa shape index (κ2) is 38.7. The molecule has 0 saturated carbocycles. The molecule has 22 N–H and O–H groups in total. The molecular formula is C68H84IN17O14. The molecule has 0 unspecified atom stereocenters. The van der Waals surface area contributed by atoms with E-state index >= 15 is 0 Å². The number of methoxy groups -OCH3 is 1. The molecular weight excluding hydrogens is 1410 g/mol. The van der Waals surface area contributed by atoms with Crippen molar-refractivity contribution in [2.45, 2.75) is 125 Å². The number of carbonyl (C=O) groups excluding carboxylic acids is 12. The molecule has 11 amide bonds. The summed E-state index contributed by atoms with van der Waals surface area (Å²) in [6, 6.07) is 22.0. The highest BCUT2D eigenvalue weighted by atomic mass is 127. The summed E-state index contributed by atoms with van der Waals surface area (Å²) in [7, 11) is 1.47. The Hall–Kier alpha value is -11.2. The van der Waals surface area contributed by atoms with Crippen molar-refractivity contribution in [3.63, 3.8) is 0 Å². The Bertz CT molecular complexity index is 3760. The molecule has 1 aliphatic rings. The van der Waals surface area contributed by atoms with Gasteiger partial charge in [-0.1, -0.05) is 91.0 Å². The van der Waals surface area contributed by atoms with Crippen LogP contribution in [0.3, 0.4) is 0 Å². The third kappa shape index (κ3) is 24.7. The number of nitrogens with one attached hydrogen (secondary N) is 11. The van der Waals surface area contributed by atoms with Crippen molar-refractivity contribution >= 4 is 105 Å². The van der Waals surface area contributed by atoms with Crippen LogP contribution in [0.25, 0.3) is 0 Å². The zero-order chi connectivity index (χ0) is 73.0. The number of nitrogens with two attached hydrogens (primary N) is 5. The highest BCUT2D eigenvalue weighted by Gasteiger charge is 2.41. The number of benzene rings is 5. The first-order valence-corrected chi connectivity index (χ1v) is 33.1. The number of hydrogen-bond acceptors (Lipinski definition) is 16. The third-order valence-electron chi connectivity index (χ3n) is 16.1. The van der Waals surface area contributed by atoms with Crippen molar-refractivity contribution in [1.82, 2.24) is 52.8 Å². The number of carbonyl (C=O) groups is 12. The maximum absolute atomic E-state index is 14.8. The second-order valence-electron chi connectivity index (χ2n) is 23.6. The Morgan fingerprint density at radius 2 is 1.00 bits per heavy atom. The summed E-state index contributed by atoms with van der Waals surface area (Å²) in [6.45, 7) is 0.0678. The van der Waals surface area contributed by atoms with Gasteiger partial charge in [0.05, 0.1) is 17.1 Å². The molecule has 0 bridgehead atoms. The van der Waals surface area contributed by atoms with E-state index in [1.807, 2.05) is 22.6 Å². The summed E-state index contributed by atoms with van der Waals surface area (Å²) >= 11 is 1.89. The smallest absolute Gasteiger partial charge is 0.251 e. The Morgan fingerprint density at radius 1 is 0.530 bits per heavy atom. The van der Waals surface area contributed by atoms with Crippen molar-refractivity contribution in [2.75, 3.05) is 26.7 Å². The number of ketones is 1. The molecule has 0 radical (unpaired) electrons. The average Bonchev–Trinajstić information content (AvgIpc) is 1.64. The summed E-state index contributed by atoms with van der Waals surface area (Å²) in [5.41, 5.74) is 30.4. The number of halogens is 1. The van der Waals surface area contributed by atoms with Gasteiger partial charge in [0.1, 0.15) is 59.8 Å². The SMILES string of the molecule is COc1ccc(C[C@@H](NC(=O)c2ccc(C(=O)c3ccccc3)cc2)C(=O)N[C@@H](Cc2ccccc2)C(=O)N[C@@H](CCC(N)=O)C(=O)N[C@@H](CC(N)=O)C(=O)N[C@@H](CCCNC(=N)N)C(=O)N2CCC[C@@H]2C(=O)N[C@@H](CCCNC(=N)N)C(=O)N[C@@H](Cc2ccc(O)c(I)c2)C(N)=O)cc1. The molecule has 1 aliphatic heterocycles. The Morgan fingerprint density at radius 3 is 1.56 bits per heavy atom. The monoisotopic (exact) mass is 1490 g/mol. The van der Waals surface area contributed by atoms with Gasteiger partial charge in [0.25, 0.3) is 5.91 Å². The Kier molecular flexibility index (Phi) is 30.1. The molecule has 1 fully saturated rings. The molecule has 31 nitrogen and oxygen atoms in total. The number of hydrogen-bond donors (Lipinski definition) is 17. The van der Waals surface area contributed by atoms with Gasteiger partial charge in [-0.2, -0.15) is 0 Å². The van der Waals surface area contributed by atoms with Gasteiger partial charge in [-0.05, 0) is 121 Å². The molecule has 6 rings (SSSR count). The number of guanidine groups is 2. The average molecular weight is 1490 g/mol. The zero-order valence-electron chi connectivity index (χ0n) is 54.8. The highest BCUT2D eigenvalue weighted by Crippen LogP contribution is 2.23. The van der Waals surface area contributed by atoms with E-state index in [4.69, 9.17) is 44.2 Å². The molecule has 32 heteroatoms. The van der Waals surface area contributed by atoms with Gasteiger partial charge in [0, 0.05) is 62.0 Å². The lowest BCUT2D eigenvalue weighted by atomic mass is 10.0. The largest absolute Gasteiger partial charge is 0.507 e. The zero-order valence-corrected chi connectivity index (χ0v) is 57.0. The van der Waals surface area contributed by atoms with Crippen LogP contribution in [-0.4, -0.2) is 168 Å². The van der Waals surface area contributed by atoms with E-state index in [0.717, 1.165) is 0 Å². The lowest BCUT2D eigenvalue weighted by molar-refractivity contribution is -0.143. The van der Waals surface area contributed by atoms with Gasteiger partial charge in [-0.15, -0.1) is 0 Å². The minimum atomic E-state index is -1.89. The normalized spacial score (nSPS) is 14.5. The van der Waals surface area contributed by atoms with Gasteiger partial charge >= 0.3 is 0 Å². The fourth-order valence-electron chi connectivity index (χ4n) is 10.9. The van der Waals surface area contributed by atoms with Gasteiger partial charge in [-0.3, -0.25) is 68.4 Å². The van der Waals surface area contributed by atoms with E-state index in [1.165, 1.54) is 42.3 Å². The molecule has 1 saturated heterocycles. The first-order chi connectivity index (χ1) is 47.7. The number of phenols is 1. The van der Waals surface area contributed by atoms with Gasteiger partial charge < -0.3 is 91.3 Å². The van der Waals surface area contributed by atoms with Crippen molar-refractivity contribution in [3.05, 3.63) is 164 Å². The Balaban J connectivity index is 1.23. The fourth-order valence-corrected chi connectivity index (χ4v) is 11.4. The maximum atomic E-state index is 14.8. The molecule has 0 spiro atoms. The number of amides is 11. The minimum Gasteiger partial charge on any atom is -0.507 e. The van der Waals surface area contributed by atoms with Gasteiger partial charge in [-0.25, -0.2) is 0 Å². The first kappa shape index (κ1) is 77.8. The van der Waals surface area contributed by atoms with E-state index in [1.54, 1.807) is 97.1 Å². The number of nitrogens with zero attached hydrogens (tertiary/aromatic N) is 1. The summed E-state index contributed by atoms with van der Waals surface area (Å²) < 4.78 is 5.78. The fraction of sp³-hybridized carbons (Fsp3) is 0.353. The van der Waals surface area contributed by atoms with E-state index in [9.17, 15) is 62.6 Å². The predicted octanol–water partition coefficient (Wildman–Crippen LogP) is -0.885. The van der Waals surface area contributed by atoms with Crippen molar-refractivity contribution < 1.29 is 67.4 Å². The van der Waals surface area contributed by atoms with Crippen LogP contribution in [0, 0.1) is 14.4 Å². The minimum absolute atomic E-state index is 0.00712. The molecule has 1 heterocycles. The molecule has 100 heavy (non-hydrogen) atoms. The third-order valence-corrected chi connectivity index (χ3v) is 17.0. The van der Waals surface area contributed by atoms with Gasteiger partial charge in [0.2, 0.25) is 59.1 Å². The Labute approximate surface area is 589 Å². The van der Waals surface area contributed by atoms with Crippen LogP contribution in [0.2, 0.25) is 0 Å². The van der Waals surface area contributed by atoms with Crippen molar-refractivity contribution in [1.29, 1.82) is 10.8 Å². The number of primary amides is 3. The number of ether oxygens (including phenoxy) is 1. The van der Waals surface area contributed by atoms with Crippen molar-refractivity contribution in [2.24, 2.45) is 28.7 Å². The quantitative estimate of drug-likeness (QED) is 0.00750. The van der Waals surface area contributed by atoms with Crippen LogP contribution in [0.4, 0.5) is 0 Å². The number of likely N-dealkylation sites (tertiary alicyclic amines) is 1. The number of phenolic OH excluding ortho intramolecular Hbond substituents is 1. The van der Waals surface area contributed by atoms with E-state index in [2.05, 4.69) is 47.9 Å². The van der Waals surface area contributed by atoms with Crippen LogP contribution in [0.5, 0.6) is 11.5 Å². The van der Waals surface area contributed by atoms with Crippen LogP contribution < -0.4 is 81.3 Å². The van der Waals surface area contributed by atoms with Crippen LogP contribution in [0.1, 0.15) is 101 Å². The number of rotatable bonds is 38. The second-order valence-corrected chi connectivity index (χ2v) is 24.8. The van der Waals surface area contributed by atoms with E-state index in [0.29, 0.717) is 37.1 Å². The summed E-state index contributed by atoms with van der Waals surface area (Å²) in [5, 5.41) is 48.8. The standard InChI is InChI=1S/C68H84IN17O14/c1-100-44-25-18-39(19-26-44)35-50(83-59(92)43-23-21-42(22-24-43)57(90)41-13-6-3-7-14-41)63(96)84-51(34-38-11-4-2-5-12-38)62(95)79-47(27-29-55(70)88)61(94)85-52(37-56(71)89)64(97)81-48(16-9-31-78-68(75)76)66(99)86-32-10-17-53(86)65(98)80-46(15-8-30-77-67(73)74)60(93)82-49(58(72)91)36-40-20-28-54(87)45(69)33-40/h2-7,11-14,18-26,28,33,46-53,87H,8-10,15-17,27,29-32,34-37H2,1H3,(H2,70,88)(H2,71,89)(H2,72,91)(H,79,95)(H,80,98)(H,81,97)(H,82,93)(H,83,92)(H,84,96)(H,85,94)(H4,73,74,77)(H4,75,76,78)/t46-,47-,48-,49-,50+,51-,52-,53+/m0/s1. The van der Waals surface area contributed by atoms with Crippen LogP contribution in [-0.2, 0) is 67.2 Å². The lowest BCUT2D eigenvalue weighted by Crippen LogP contribution is -2.61. The molecule has 532 valence electrons. The highest BCUT2D eigenvalue weighted by molar-refractivity contribution is 14.1. The van der Waals surface area contributed by atoms with Crippen LogP contribution >= 0.6 is 22.6 Å². The molecule has 0 aliphatic carbocycles. The topological polar surface area (TPSA) is 524 Å². The van der Waals surface area contributed by atoms with E-state index < -0.39 is 139 Å². The van der Waals surface area contributed by atoms with Crippen molar-refractivity contribution in [3.8, 4) is 11.5 Å².